The molecule has 1 rings (SSSR count). The van der Waals surface area contributed by atoms with Crippen LogP contribution in [0, 0.1) is 10.1 Å². The molecule has 1 aromatic carbocycles. The summed E-state index contributed by atoms with van der Waals surface area (Å²) in [6.45, 7) is 13.2. The van der Waals surface area contributed by atoms with Crippen LogP contribution in [0.1, 0.15) is 61.8 Å². The maximum atomic E-state index is 13.8. The molecule has 0 aliphatic heterocycles. The first kappa shape index (κ1) is 27.3. The Morgan fingerprint density at radius 1 is 1.00 bits per heavy atom. The van der Waals surface area contributed by atoms with Gasteiger partial charge in [0.2, 0.25) is 0 Å². The number of rotatable bonds is 6. The number of benzene rings is 1. The van der Waals surface area contributed by atoms with Gasteiger partial charge in [-0.15, -0.1) is 4.36 Å². The normalized spacial score (nSPS) is 14.1. The molecule has 0 saturated carbocycles. The van der Waals surface area contributed by atoms with Crippen LogP contribution >= 0.6 is 0 Å². The average Bonchev–Trinajstić information content (AvgIpc) is 2.56. The molecule has 0 bridgehead atoms. The zero-order valence-corrected chi connectivity index (χ0v) is 20.6. The molecule has 0 aromatic heterocycles. The van der Waals surface area contributed by atoms with Gasteiger partial charge in [-0.2, -0.15) is 0 Å². The molecule has 32 heavy (non-hydrogen) atoms. The van der Waals surface area contributed by atoms with E-state index in [2.05, 4.69) is 4.36 Å². The van der Waals surface area contributed by atoms with Gasteiger partial charge in [-0.25, -0.2) is 13.8 Å². The monoisotopic (exact) mass is 472 g/mol. The quantitative estimate of drug-likeness (QED) is 0.302. The molecule has 11 heteroatoms. The van der Waals surface area contributed by atoms with Crippen molar-refractivity contribution < 1.29 is 32.9 Å². The maximum Gasteiger partial charge on any atom is 0.509 e. The Labute approximate surface area is 189 Å². The van der Waals surface area contributed by atoms with Crippen molar-refractivity contribution in [3.63, 3.8) is 0 Å². The number of nitro groups is 1. The predicted octanol–water partition coefficient (Wildman–Crippen LogP) is 5.48. The highest BCUT2D eigenvalue weighted by molar-refractivity contribution is 7.94. The lowest BCUT2D eigenvalue weighted by molar-refractivity contribution is -0.385. The first-order chi connectivity index (χ1) is 14.3. The Hall–Kier alpha value is -2.69. The fraction of sp³-hybridized carbons (Fsp3) is 0.619. The Balaban J connectivity index is 3.26. The lowest BCUT2D eigenvalue weighted by Gasteiger charge is -2.28. The zero-order valence-electron chi connectivity index (χ0n) is 19.8. The second-order valence-electron chi connectivity index (χ2n) is 9.75. The van der Waals surface area contributed by atoms with Crippen LogP contribution in [0.25, 0.3) is 0 Å². The van der Waals surface area contributed by atoms with E-state index in [9.17, 15) is 23.9 Å². The first-order valence-electron chi connectivity index (χ1n) is 9.96. The molecular formula is C21H32N2O8S. The predicted molar refractivity (Wildman–Crippen MR) is 119 cm³/mol. The number of nitrogens with zero attached hydrogens (tertiary/aromatic N) is 2. The zero-order chi connectivity index (χ0) is 25.0. The fourth-order valence-electron chi connectivity index (χ4n) is 2.34. The summed E-state index contributed by atoms with van der Waals surface area (Å²) in [6, 6.07) is 5.11. The standard InChI is InChI=1S/C21H32N2O8S/c1-19(2,3)29-17(24)22-32(28,16-11-9-10-15(14-16)23(26)27)13-12-21(7,8)31-18(25)30-20(4,5)6/h9-11,14H,12-13H2,1-8H3. The van der Waals surface area contributed by atoms with Crippen LogP contribution in [0.5, 0.6) is 0 Å². The van der Waals surface area contributed by atoms with E-state index in [0.717, 1.165) is 6.07 Å². The van der Waals surface area contributed by atoms with Gasteiger partial charge in [-0.05, 0) is 67.9 Å². The number of hydrogen-bond donors (Lipinski definition) is 0. The molecule has 0 aliphatic carbocycles. The van der Waals surface area contributed by atoms with Crippen molar-refractivity contribution in [1.82, 2.24) is 0 Å². The molecule has 10 nitrogen and oxygen atoms in total. The van der Waals surface area contributed by atoms with Gasteiger partial charge in [-0.1, -0.05) is 6.07 Å². The third kappa shape index (κ3) is 9.63. The molecule has 1 aromatic rings. The summed E-state index contributed by atoms with van der Waals surface area (Å²) in [6.07, 6.45) is -1.92. The van der Waals surface area contributed by atoms with Crippen molar-refractivity contribution in [2.75, 3.05) is 5.75 Å². The van der Waals surface area contributed by atoms with E-state index < -0.39 is 43.7 Å². The Morgan fingerprint density at radius 3 is 2.06 bits per heavy atom. The molecule has 0 saturated heterocycles. The van der Waals surface area contributed by atoms with Gasteiger partial charge >= 0.3 is 12.2 Å². The number of non-ortho nitro benzene ring substituents is 1. The van der Waals surface area contributed by atoms with E-state index >= 15 is 0 Å². The number of carbonyl (C=O) groups is 2. The summed E-state index contributed by atoms with van der Waals surface area (Å²) >= 11 is 0. The van der Waals surface area contributed by atoms with Crippen LogP contribution in [-0.2, 0) is 23.9 Å². The summed E-state index contributed by atoms with van der Waals surface area (Å²) < 4.78 is 33.2. The molecular weight excluding hydrogens is 440 g/mol. The smallest absolute Gasteiger partial charge is 0.442 e. The van der Waals surface area contributed by atoms with Crippen LogP contribution in [0.3, 0.4) is 0 Å². The SMILES string of the molecule is CC(C)(C)OC(=O)N=S(=O)(CCC(C)(C)OC(=O)OC(C)(C)C)c1cccc([N+](=O)[O-])c1. The van der Waals surface area contributed by atoms with E-state index in [1.54, 1.807) is 55.4 Å². The molecule has 0 fully saturated rings. The number of nitro benzene ring substituents is 1. The fourth-order valence-corrected chi connectivity index (χ4v) is 4.42. The molecule has 1 atom stereocenters. The summed E-state index contributed by atoms with van der Waals surface area (Å²) in [5.41, 5.74) is -3.04. The lowest BCUT2D eigenvalue weighted by atomic mass is 10.1. The van der Waals surface area contributed by atoms with Gasteiger partial charge in [0.15, 0.2) is 0 Å². The summed E-state index contributed by atoms with van der Waals surface area (Å²) in [4.78, 5) is 34.9. The van der Waals surface area contributed by atoms with E-state index in [1.165, 1.54) is 18.2 Å². The van der Waals surface area contributed by atoms with Crippen molar-refractivity contribution in [3.8, 4) is 0 Å². The molecule has 0 aliphatic rings. The van der Waals surface area contributed by atoms with Crippen LogP contribution in [0.15, 0.2) is 33.5 Å². The summed E-state index contributed by atoms with van der Waals surface area (Å²) in [5.74, 6) is -0.219. The summed E-state index contributed by atoms with van der Waals surface area (Å²) in [5, 5.41) is 11.2. The Kier molecular flexibility index (Phi) is 8.41. The molecule has 0 N–H and O–H groups in total. The third-order valence-corrected chi connectivity index (χ3v) is 5.93. The number of hydrogen-bond acceptors (Lipinski definition) is 8. The lowest BCUT2D eigenvalue weighted by Crippen LogP contribution is -2.34. The minimum Gasteiger partial charge on any atom is -0.442 e. The Bertz CT molecular complexity index is 980. The first-order valence-corrected chi connectivity index (χ1v) is 11.6. The van der Waals surface area contributed by atoms with Crippen LogP contribution < -0.4 is 0 Å². The highest BCUT2D eigenvalue weighted by Crippen LogP contribution is 2.26. The van der Waals surface area contributed by atoms with E-state index in [0.29, 0.717) is 0 Å². The largest absolute Gasteiger partial charge is 0.509 e. The van der Waals surface area contributed by atoms with Gasteiger partial charge in [0, 0.05) is 17.9 Å². The van der Waals surface area contributed by atoms with E-state index in [-0.39, 0.29) is 22.8 Å². The number of amides is 1. The third-order valence-electron chi connectivity index (χ3n) is 3.74. The molecule has 0 radical (unpaired) electrons. The van der Waals surface area contributed by atoms with Crippen molar-refractivity contribution in [3.05, 3.63) is 34.4 Å². The topological polar surface area (TPSA) is 134 Å². The van der Waals surface area contributed by atoms with Gasteiger partial charge in [0.1, 0.15) is 16.8 Å². The summed E-state index contributed by atoms with van der Waals surface area (Å²) in [7, 11) is -3.49. The highest BCUT2D eigenvalue weighted by Gasteiger charge is 2.30. The maximum absolute atomic E-state index is 13.8. The Morgan fingerprint density at radius 2 is 1.56 bits per heavy atom. The van der Waals surface area contributed by atoms with Crippen LogP contribution in [-0.4, -0.2) is 43.9 Å². The number of carbonyl (C=O) groups excluding carboxylic acids is 2. The van der Waals surface area contributed by atoms with Crippen molar-refractivity contribution in [1.29, 1.82) is 0 Å². The van der Waals surface area contributed by atoms with Crippen LogP contribution in [0.2, 0.25) is 0 Å². The van der Waals surface area contributed by atoms with E-state index in [1.807, 2.05) is 0 Å². The van der Waals surface area contributed by atoms with Crippen molar-refractivity contribution in [2.45, 2.75) is 83.5 Å². The molecule has 0 heterocycles. The van der Waals surface area contributed by atoms with Crippen molar-refractivity contribution >= 4 is 27.7 Å². The van der Waals surface area contributed by atoms with Crippen LogP contribution in [0.4, 0.5) is 15.3 Å². The molecule has 1 unspecified atom stereocenters. The van der Waals surface area contributed by atoms with Gasteiger partial charge < -0.3 is 14.2 Å². The van der Waals surface area contributed by atoms with Gasteiger partial charge in [0.05, 0.1) is 19.5 Å². The molecule has 1 amide bonds. The van der Waals surface area contributed by atoms with Crippen molar-refractivity contribution in [2.24, 2.45) is 4.36 Å². The van der Waals surface area contributed by atoms with E-state index in [4.69, 9.17) is 14.2 Å². The second kappa shape index (κ2) is 9.85. The van der Waals surface area contributed by atoms with Gasteiger partial charge in [0.25, 0.3) is 5.69 Å². The number of ether oxygens (including phenoxy) is 3. The molecule has 180 valence electrons. The average molecular weight is 473 g/mol. The minimum atomic E-state index is -3.49. The molecule has 0 spiro atoms. The second-order valence-corrected chi connectivity index (χ2v) is 12.1. The van der Waals surface area contributed by atoms with Gasteiger partial charge in [-0.3, -0.25) is 10.1 Å². The minimum absolute atomic E-state index is 0.00521. The highest BCUT2D eigenvalue weighted by atomic mass is 32.2.